The van der Waals surface area contributed by atoms with Gasteiger partial charge in [-0.1, -0.05) is 117 Å². The van der Waals surface area contributed by atoms with Crippen molar-refractivity contribution in [1.82, 2.24) is 5.32 Å². The Bertz CT molecular complexity index is 359. The molecule has 0 spiro atoms. The second-order valence-electron chi connectivity index (χ2n) is 9.55. The van der Waals surface area contributed by atoms with Gasteiger partial charge in [0.05, 0.1) is 6.61 Å². The number of hydrogen-bond acceptors (Lipinski definition) is 3. The fraction of sp³-hybridized carbons (Fsp3) is 0.964. The molecule has 0 aromatic heterocycles. The molecule has 1 atom stereocenters. The van der Waals surface area contributed by atoms with Crippen LogP contribution in [0.1, 0.15) is 149 Å². The Morgan fingerprint density at radius 3 is 1.71 bits per heavy atom. The van der Waals surface area contributed by atoms with E-state index in [1.807, 2.05) is 0 Å². The average molecular weight is 440 g/mol. The first kappa shape index (κ1) is 30.4. The van der Waals surface area contributed by atoms with Crippen LogP contribution < -0.4 is 5.32 Å². The zero-order valence-electron chi connectivity index (χ0n) is 21.7. The zero-order valence-corrected chi connectivity index (χ0v) is 21.7. The highest BCUT2D eigenvalue weighted by Crippen LogP contribution is 2.22. The van der Waals surface area contributed by atoms with Crippen LogP contribution in [0.15, 0.2) is 0 Å². The van der Waals surface area contributed by atoms with Crippen LogP contribution in [0.3, 0.4) is 0 Å². The first-order valence-electron chi connectivity index (χ1n) is 14.1. The van der Waals surface area contributed by atoms with E-state index in [9.17, 15) is 4.79 Å². The second-order valence-corrected chi connectivity index (χ2v) is 9.55. The van der Waals surface area contributed by atoms with E-state index in [0.717, 1.165) is 38.3 Å². The lowest BCUT2D eigenvalue weighted by Gasteiger charge is -2.17. The van der Waals surface area contributed by atoms with Crippen molar-refractivity contribution < 1.29 is 9.53 Å². The second kappa shape index (κ2) is 25.7. The number of unbranched alkanes of at least 4 members (excludes halogenated alkanes) is 12. The molecule has 0 aliphatic carbocycles. The molecule has 3 heteroatoms. The summed E-state index contributed by atoms with van der Waals surface area (Å²) in [4.78, 5) is 12.0. The van der Waals surface area contributed by atoms with Crippen molar-refractivity contribution in [2.24, 2.45) is 5.92 Å². The van der Waals surface area contributed by atoms with Gasteiger partial charge < -0.3 is 10.1 Å². The number of nitrogens with one attached hydrogen (secondary N) is 1. The van der Waals surface area contributed by atoms with Crippen LogP contribution in [0.5, 0.6) is 0 Å². The van der Waals surface area contributed by atoms with Gasteiger partial charge >= 0.3 is 5.97 Å². The van der Waals surface area contributed by atoms with Crippen molar-refractivity contribution in [2.75, 3.05) is 19.7 Å². The van der Waals surface area contributed by atoms with E-state index < -0.39 is 0 Å². The molecule has 0 aromatic carbocycles. The number of hydrogen-bond donors (Lipinski definition) is 1. The molecule has 0 aliphatic rings. The van der Waals surface area contributed by atoms with Gasteiger partial charge in [-0.05, 0) is 44.7 Å². The van der Waals surface area contributed by atoms with Crippen LogP contribution in [-0.2, 0) is 9.53 Å². The van der Waals surface area contributed by atoms with Crippen LogP contribution in [0.2, 0.25) is 0 Å². The summed E-state index contributed by atoms with van der Waals surface area (Å²) in [5.74, 6) is 0.750. The van der Waals surface area contributed by atoms with Crippen LogP contribution in [0, 0.1) is 5.92 Å². The molecule has 186 valence electrons. The summed E-state index contributed by atoms with van der Waals surface area (Å²) >= 11 is 0. The molecule has 0 aromatic rings. The van der Waals surface area contributed by atoms with Crippen molar-refractivity contribution in [3.8, 4) is 0 Å². The van der Waals surface area contributed by atoms with Gasteiger partial charge in [0, 0.05) is 6.42 Å². The molecule has 0 fully saturated rings. The fourth-order valence-electron chi connectivity index (χ4n) is 4.24. The Balaban J connectivity index is 3.78. The summed E-state index contributed by atoms with van der Waals surface area (Å²) in [5, 5.41) is 3.49. The van der Waals surface area contributed by atoms with Gasteiger partial charge in [-0.3, -0.25) is 4.79 Å². The molecule has 3 nitrogen and oxygen atoms in total. The summed E-state index contributed by atoms with van der Waals surface area (Å²) in [7, 11) is 0. The lowest BCUT2D eigenvalue weighted by Crippen LogP contribution is -2.17. The van der Waals surface area contributed by atoms with Gasteiger partial charge in [-0.15, -0.1) is 0 Å². The Morgan fingerprint density at radius 1 is 0.613 bits per heavy atom. The van der Waals surface area contributed by atoms with Crippen LogP contribution >= 0.6 is 0 Å². The topological polar surface area (TPSA) is 38.3 Å². The van der Waals surface area contributed by atoms with Crippen molar-refractivity contribution >= 4 is 5.97 Å². The van der Waals surface area contributed by atoms with Crippen LogP contribution in [-0.4, -0.2) is 25.7 Å². The summed E-state index contributed by atoms with van der Waals surface area (Å²) in [5.41, 5.74) is 0. The molecule has 0 saturated carbocycles. The Morgan fingerprint density at radius 2 is 1.10 bits per heavy atom. The molecule has 1 unspecified atom stereocenters. The fourth-order valence-corrected chi connectivity index (χ4v) is 4.24. The molecular weight excluding hydrogens is 382 g/mol. The Hall–Kier alpha value is -0.570. The number of carbonyl (C=O) groups excluding carboxylic acids is 1. The van der Waals surface area contributed by atoms with E-state index in [-0.39, 0.29) is 5.97 Å². The lowest BCUT2D eigenvalue weighted by atomic mass is 9.92. The van der Waals surface area contributed by atoms with E-state index in [1.54, 1.807) is 0 Å². The van der Waals surface area contributed by atoms with E-state index in [1.165, 1.54) is 103 Å². The van der Waals surface area contributed by atoms with E-state index in [4.69, 9.17) is 4.74 Å². The Kier molecular flexibility index (Phi) is 25.2. The van der Waals surface area contributed by atoms with Crippen LogP contribution in [0.4, 0.5) is 0 Å². The van der Waals surface area contributed by atoms with Gasteiger partial charge in [0.1, 0.15) is 0 Å². The zero-order chi connectivity index (χ0) is 22.8. The van der Waals surface area contributed by atoms with Crippen molar-refractivity contribution in [1.29, 1.82) is 0 Å². The molecule has 0 amide bonds. The third-order valence-corrected chi connectivity index (χ3v) is 6.41. The first-order chi connectivity index (χ1) is 15.2. The maximum atomic E-state index is 12.0. The maximum absolute atomic E-state index is 12.0. The largest absolute Gasteiger partial charge is 0.466 e. The first-order valence-corrected chi connectivity index (χ1v) is 14.1. The minimum Gasteiger partial charge on any atom is -0.466 e. The molecule has 0 heterocycles. The van der Waals surface area contributed by atoms with E-state index >= 15 is 0 Å². The number of rotatable bonds is 25. The standard InChI is InChI=1S/C28H57NO2/c1-4-7-10-13-14-16-21-27(20-15-11-8-5-2)23-26-31-28(30)22-17-19-25-29-24-18-12-9-6-3/h27,29H,4-26H2,1-3H3. The third kappa shape index (κ3) is 23.9. The number of ether oxygens (including phenoxy) is 1. The maximum Gasteiger partial charge on any atom is 0.305 e. The third-order valence-electron chi connectivity index (χ3n) is 6.41. The molecule has 1 N–H and O–H groups in total. The summed E-state index contributed by atoms with van der Waals surface area (Å²) in [6.07, 6.45) is 25.1. The molecule has 0 bridgehead atoms. The monoisotopic (exact) mass is 439 g/mol. The van der Waals surface area contributed by atoms with Gasteiger partial charge in [-0.25, -0.2) is 0 Å². The quantitative estimate of drug-likeness (QED) is 0.114. The highest BCUT2D eigenvalue weighted by Gasteiger charge is 2.10. The van der Waals surface area contributed by atoms with Crippen molar-refractivity contribution in [2.45, 2.75) is 149 Å². The predicted octanol–water partition coefficient (Wildman–Crippen LogP) is 8.60. The summed E-state index contributed by atoms with van der Waals surface area (Å²) in [6, 6.07) is 0. The normalized spacial score (nSPS) is 12.2. The SMILES string of the molecule is CCCCCCCCC(CCCCCC)CCOC(=O)CCCCNCCCCCC. The van der Waals surface area contributed by atoms with Gasteiger partial charge in [0.25, 0.3) is 0 Å². The summed E-state index contributed by atoms with van der Waals surface area (Å²) < 4.78 is 5.57. The molecule has 31 heavy (non-hydrogen) atoms. The van der Waals surface area contributed by atoms with Crippen LogP contribution in [0.25, 0.3) is 0 Å². The average Bonchev–Trinajstić information content (AvgIpc) is 2.77. The van der Waals surface area contributed by atoms with Gasteiger partial charge in [0.15, 0.2) is 0 Å². The highest BCUT2D eigenvalue weighted by molar-refractivity contribution is 5.69. The lowest BCUT2D eigenvalue weighted by molar-refractivity contribution is -0.144. The molecule has 0 saturated heterocycles. The number of esters is 1. The van der Waals surface area contributed by atoms with E-state index in [0.29, 0.717) is 13.0 Å². The summed E-state index contributed by atoms with van der Waals surface area (Å²) in [6.45, 7) is 9.57. The molecule has 0 radical (unpaired) electrons. The highest BCUT2D eigenvalue weighted by atomic mass is 16.5. The Labute approximate surface area is 195 Å². The van der Waals surface area contributed by atoms with Crippen molar-refractivity contribution in [3.63, 3.8) is 0 Å². The minimum atomic E-state index is 0.00671. The minimum absolute atomic E-state index is 0.00671. The molecule has 0 aliphatic heterocycles. The van der Waals surface area contributed by atoms with Crippen molar-refractivity contribution in [3.05, 3.63) is 0 Å². The molecular formula is C28H57NO2. The smallest absolute Gasteiger partial charge is 0.305 e. The molecule has 0 rings (SSSR count). The van der Waals surface area contributed by atoms with E-state index in [2.05, 4.69) is 26.1 Å². The van der Waals surface area contributed by atoms with Gasteiger partial charge in [0.2, 0.25) is 0 Å². The predicted molar refractivity (Wildman–Crippen MR) is 137 cm³/mol. The number of carbonyl (C=O) groups is 1. The van der Waals surface area contributed by atoms with Gasteiger partial charge in [-0.2, -0.15) is 0 Å².